The van der Waals surface area contributed by atoms with Gasteiger partial charge in [0.25, 0.3) is 0 Å². The van der Waals surface area contributed by atoms with Crippen molar-refractivity contribution in [2.24, 2.45) is 0 Å². The predicted molar refractivity (Wildman–Crippen MR) is 70.3 cm³/mol. The van der Waals surface area contributed by atoms with Gasteiger partial charge in [-0.25, -0.2) is 0 Å². The maximum absolute atomic E-state index is 5.47. The lowest BCUT2D eigenvalue weighted by Gasteiger charge is -2.26. The summed E-state index contributed by atoms with van der Waals surface area (Å²) in [7, 11) is 2.19. The molecule has 1 rings (SSSR count). The van der Waals surface area contributed by atoms with E-state index in [0.717, 1.165) is 14.3 Å². The van der Waals surface area contributed by atoms with Gasteiger partial charge in [0.2, 0.25) is 0 Å². The SMILES string of the molecule is CO[Si](OC)(OC)c1c(C)cccc1I. The van der Waals surface area contributed by atoms with Crippen molar-refractivity contribution in [1.29, 1.82) is 0 Å². The minimum Gasteiger partial charge on any atom is -0.373 e. The van der Waals surface area contributed by atoms with Gasteiger partial charge in [-0.3, -0.25) is 0 Å². The van der Waals surface area contributed by atoms with Crippen molar-refractivity contribution >= 4 is 36.6 Å². The topological polar surface area (TPSA) is 27.7 Å². The molecule has 0 aromatic heterocycles. The third-order valence-electron chi connectivity index (χ3n) is 2.33. The molecule has 0 amide bonds. The molecule has 0 saturated heterocycles. The summed E-state index contributed by atoms with van der Waals surface area (Å²) in [4.78, 5) is 0. The summed E-state index contributed by atoms with van der Waals surface area (Å²) >= 11 is 2.28. The molecule has 0 aliphatic heterocycles. The van der Waals surface area contributed by atoms with Crippen molar-refractivity contribution in [2.75, 3.05) is 21.3 Å². The highest BCUT2D eigenvalue weighted by Crippen LogP contribution is 2.15. The molecule has 0 heterocycles. The molecular formula is C10H15IO3Si. The van der Waals surface area contributed by atoms with Crippen LogP contribution in [0.5, 0.6) is 0 Å². The Morgan fingerprint density at radius 2 is 1.60 bits per heavy atom. The van der Waals surface area contributed by atoms with Crippen molar-refractivity contribution < 1.29 is 13.3 Å². The lowest BCUT2D eigenvalue weighted by atomic mass is 10.2. The first kappa shape index (κ1) is 13.1. The van der Waals surface area contributed by atoms with Crippen LogP contribution in [0.3, 0.4) is 0 Å². The lowest BCUT2D eigenvalue weighted by molar-refractivity contribution is 0.140. The average Bonchev–Trinajstić information content (AvgIpc) is 2.24. The monoisotopic (exact) mass is 338 g/mol. The van der Waals surface area contributed by atoms with Crippen LogP contribution in [0.1, 0.15) is 5.56 Å². The second-order valence-corrected chi connectivity index (χ2v) is 7.10. The van der Waals surface area contributed by atoms with Crippen molar-refractivity contribution in [3.05, 3.63) is 27.3 Å². The highest BCUT2D eigenvalue weighted by atomic mass is 127. The van der Waals surface area contributed by atoms with E-state index in [0.29, 0.717) is 0 Å². The van der Waals surface area contributed by atoms with Crippen molar-refractivity contribution in [3.63, 3.8) is 0 Å². The molecule has 0 saturated carbocycles. The van der Waals surface area contributed by atoms with E-state index in [1.165, 1.54) is 0 Å². The molecule has 0 bridgehead atoms. The van der Waals surface area contributed by atoms with Crippen molar-refractivity contribution in [2.45, 2.75) is 6.92 Å². The molecule has 0 unspecified atom stereocenters. The van der Waals surface area contributed by atoms with Crippen molar-refractivity contribution in [1.82, 2.24) is 0 Å². The first-order valence-corrected chi connectivity index (χ1v) is 7.32. The van der Waals surface area contributed by atoms with Crippen LogP contribution in [0.2, 0.25) is 0 Å². The molecule has 0 spiro atoms. The molecular weight excluding hydrogens is 323 g/mol. The fourth-order valence-electron chi connectivity index (χ4n) is 1.58. The fourth-order valence-corrected chi connectivity index (χ4v) is 5.25. The molecule has 5 heteroatoms. The number of rotatable bonds is 4. The average molecular weight is 338 g/mol. The van der Waals surface area contributed by atoms with Crippen LogP contribution >= 0.6 is 22.6 Å². The Balaban J connectivity index is 3.34. The number of hydrogen-bond acceptors (Lipinski definition) is 3. The third kappa shape index (κ3) is 2.42. The van der Waals surface area contributed by atoms with Crippen LogP contribution in [0.25, 0.3) is 0 Å². The van der Waals surface area contributed by atoms with E-state index in [1.54, 1.807) is 21.3 Å². The van der Waals surface area contributed by atoms with E-state index in [4.69, 9.17) is 13.3 Å². The Bertz CT molecular complexity index is 311. The Morgan fingerprint density at radius 3 is 2.00 bits per heavy atom. The first-order valence-electron chi connectivity index (χ1n) is 4.52. The van der Waals surface area contributed by atoms with Gasteiger partial charge in [-0.1, -0.05) is 12.1 Å². The van der Waals surface area contributed by atoms with E-state index in [2.05, 4.69) is 22.6 Å². The molecule has 15 heavy (non-hydrogen) atoms. The third-order valence-corrected chi connectivity index (χ3v) is 6.63. The molecule has 0 aliphatic rings. The van der Waals surface area contributed by atoms with Gasteiger partial charge >= 0.3 is 8.80 Å². The predicted octanol–water partition coefficient (Wildman–Crippen LogP) is 1.68. The summed E-state index contributed by atoms with van der Waals surface area (Å²) in [6.45, 7) is 2.04. The second-order valence-electron chi connectivity index (χ2n) is 3.10. The summed E-state index contributed by atoms with van der Waals surface area (Å²) in [6, 6.07) is 6.08. The lowest BCUT2D eigenvalue weighted by Crippen LogP contribution is -2.56. The largest absolute Gasteiger partial charge is 0.537 e. The van der Waals surface area contributed by atoms with Crippen LogP contribution in [-0.4, -0.2) is 30.1 Å². The zero-order chi connectivity index (χ0) is 11.5. The standard InChI is InChI=1S/C10H15IO3Si/c1-8-6-5-7-9(11)10(8)15(12-2,13-3)14-4/h5-7H,1-4H3. The van der Waals surface area contributed by atoms with Crippen LogP contribution in [-0.2, 0) is 13.3 Å². The summed E-state index contributed by atoms with van der Waals surface area (Å²) in [5.41, 5.74) is 1.14. The van der Waals surface area contributed by atoms with Gasteiger partial charge in [0, 0.05) is 30.1 Å². The molecule has 3 nitrogen and oxygen atoms in total. The number of aryl methyl sites for hydroxylation is 1. The molecule has 0 aliphatic carbocycles. The van der Waals surface area contributed by atoms with Gasteiger partial charge < -0.3 is 13.3 Å². The smallest absolute Gasteiger partial charge is 0.373 e. The highest BCUT2D eigenvalue weighted by molar-refractivity contribution is 14.1. The van der Waals surface area contributed by atoms with Gasteiger partial charge in [0.15, 0.2) is 0 Å². The van der Waals surface area contributed by atoms with E-state index in [-0.39, 0.29) is 0 Å². The Morgan fingerprint density at radius 1 is 1.07 bits per heavy atom. The number of benzene rings is 1. The molecule has 1 aromatic rings. The fraction of sp³-hybridized carbons (Fsp3) is 0.400. The van der Waals surface area contributed by atoms with E-state index in [1.807, 2.05) is 25.1 Å². The van der Waals surface area contributed by atoms with E-state index < -0.39 is 8.80 Å². The van der Waals surface area contributed by atoms with Crippen molar-refractivity contribution in [3.8, 4) is 0 Å². The molecule has 84 valence electrons. The minimum atomic E-state index is -2.69. The zero-order valence-corrected chi connectivity index (χ0v) is 12.5. The van der Waals surface area contributed by atoms with Crippen LogP contribution in [0.4, 0.5) is 0 Å². The van der Waals surface area contributed by atoms with Crippen LogP contribution in [0.15, 0.2) is 18.2 Å². The normalized spacial score (nSPS) is 11.8. The zero-order valence-electron chi connectivity index (χ0n) is 9.33. The number of halogens is 1. The minimum absolute atomic E-state index is 1.05. The van der Waals surface area contributed by atoms with E-state index >= 15 is 0 Å². The Labute approximate surface area is 105 Å². The quantitative estimate of drug-likeness (QED) is 0.618. The number of hydrogen-bond donors (Lipinski definition) is 0. The van der Waals surface area contributed by atoms with Crippen LogP contribution in [0, 0.1) is 10.5 Å². The highest BCUT2D eigenvalue weighted by Gasteiger charge is 2.43. The summed E-state index contributed by atoms with van der Waals surface area (Å²) in [6.07, 6.45) is 0. The van der Waals surface area contributed by atoms with Gasteiger partial charge in [-0.05, 0) is 41.1 Å². The summed E-state index contributed by atoms with van der Waals surface area (Å²) < 4.78 is 17.5. The molecule has 0 radical (unpaired) electrons. The maximum atomic E-state index is 5.47. The Kier molecular flexibility index (Phi) is 4.72. The molecule has 1 aromatic carbocycles. The molecule has 0 N–H and O–H groups in total. The van der Waals surface area contributed by atoms with Gasteiger partial charge in [0.05, 0.1) is 0 Å². The second kappa shape index (κ2) is 5.40. The molecule has 0 atom stereocenters. The first-order chi connectivity index (χ1) is 7.11. The van der Waals surface area contributed by atoms with Crippen LogP contribution < -0.4 is 5.19 Å². The van der Waals surface area contributed by atoms with E-state index in [9.17, 15) is 0 Å². The summed E-state index contributed by atoms with van der Waals surface area (Å²) in [5.74, 6) is 0. The summed E-state index contributed by atoms with van der Waals surface area (Å²) in [5, 5.41) is 1.05. The van der Waals surface area contributed by atoms with Gasteiger partial charge in [-0.2, -0.15) is 0 Å². The van der Waals surface area contributed by atoms with Gasteiger partial charge in [0.1, 0.15) is 0 Å². The molecule has 0 fully saturated rings. The Hall–Kier alpha value is 0.0469. The van der Waals surface area contributed by atoms with Gasteiger partial charge in [-0.15, -0.1) is 0 Å². The maximum Gasteiger partial charge on any atom is 0.537 e.